The molecular formula is C13H17NO3. The normalized spacial score (nSPS) is 22.5. The Balaban J connectivity index is 1.94. The Hall–Kier alpha value is -1.42. The largest absolute Gasteiger partial charge is 0.493 e. The van der Waals surface area contributed by atoms with Crippen molar-refractivity contribution in [2.75, 3.05) is 20.4 Å². The Kier molecular flexibility index (Phi) is 2.81. The van der Waals surface area contributed by atoms with Gasteiger partial charge in [-0.3, -0.25) is 0 Å². The Labute approximate surface area is 101 Å². The molecule has 1 saturated heterocycles. The molecule has 4 heteroatoms. The Morgan fingerprint density at radius 2 is 2.24 bits per heavy atom. The van der Waals surface area contributed by atoms with Gasteiger partial charge in [0.15, 0.2) is 11.5 Å². The molecule has 0 aromatic heterocycles. The minimum Gasteiger partial charge on any atom is -0.493 e. The van der Waals surface area contributed by atoms with E-state index in [0.29, 0.717) is 6.04 Å². The van der Waals surface area contributed by atoms with Crippen LogP contribution >= 0.6 is 0 Å². The Morgan fingerprint density at radius 1 is 1.29 bits per heavy atom. The second kappa shape index (κ2) is 4.45. The number of hydrogen-bond acceptors (Lipinski definition) is 4. The molecule has 2 heterocycles. The molecule has 1 N–H and O–H groups in total. The van der Waals surface area contributed by atoms with Gasteiger partial charge in [0.25, 0.3) is 0 Å². The van der Waals surface area contributed by atoms with Crippen LogP contribution in [-0.4, -0.2) is 20.4 Å². The molecule has 0 saturated carbocycles. The highest BCUT2D eigenvalue weighted by Gasteiger charge is 2.23. The maximum absolute atomic E-state index is 5.44. The summed E-state index contributed by atoms with van der Waals surface area (Å²) in [5, 5.41) is 3.53. The fraction of sp³-hybridized carbons (Fsp3) is 0.538. The third kappa shape index (κ3) is 1.93. The zero-order valence-electron chi connectivity index (χ0n) is 9.99. The molecule has 2 aliphatic rings. The molecule has 92 valence electrons. The monoisotopic (exact) mass is 235 g/mol. The van der Waals surface area contributed by atoms with Crippen LogP contribution in [0.3, 0.4) is 0 Å². The van der Waals surface area contributed by atoms with E-state index in [2.05, 4.69) is 17.4 Å². The van der Waals surface area contributed by atoms with Gasteiger partial charge in [0, 0.05) is 6.04 Å². The van der Waals surface area contributed by atoms with E-state index in [-0.39, 0.29) is 6.79 Å². The molecular weight excluding hydrogens is 218 g/mol. The fourth-order valence-corrected chi connectivity index (χ4v) is 2.49. The molecule has 0 unspecified atom stereocenters. The van der Waals surface area contributed by atoms with Crippen LogP contribution in [0.25, 0.3) is 0 Å². The van der Waals surface area contributed by atoms with E-state index in [9.17, 15) is 0 Å². The van der Waals surface area contributed by atoms with Gasteiger partial charge in [0.1, 0.15) is 0 Å². The van der Waals surface area contributed by atoms with Gasteiger partial charge < -0.3 is 19.5 Å². The van der Waals surface area contributed by atoms with Crippen LogP contribution in [0.4, 0.5) is 0 Å². The van der Waals surface area contributed by atoms with Gasteiger partial charge in [-0.15, -0.1) is 0 Å². The summed E-state index contributed by atoms with van der Waals surface area (Å²) in [4.78, 5) is 0. The fourth-order valence-electron chi connectivity index (χ4n) is 2.49. The smallest absolute Gasteiger partial charge is 0.231 e. The summed E-state index contributed by atoms with van der Waals surface area (Å²) in [6.45, 7) is 1.37. The van der Waals surface area contributed by atoms with Crippen LogP contribution in [0.1, 0.15) is 30.9 Å². The first-order valence-electron chi connectivity index (χ1n) is 6.09. The predicted octanol–water partition coefficient (Wildman–Crippen LogP) is 2.24. The van der Waals surface area contributed by atoms with E-state index < -0.39 is 0 Å². The van der Waals surface area contributed by atoms with Gasteiger partial charge in [-0.25, -0.2) is 0 Å². The van der Waals surface area contributed by atoms with E-state index in [1.807, 2.05) is 0 Å². The highest BCUT2D eigenvalue weighted by atomic mass is 16.7. The number of fused-ring (bicyclic) bond motifs is 1. The Bertz CT molecular complexity index is 413. The second-order valence-corrected chi connectivity index (χ2v) is 4.46. The number of nitrogens with one attached hydrogen (secondary N) is 1. The summed E-state index contributed by atoms with van der Waals surface area (Å²) in [6.07, 6.45) is 3.70. The van der Waals surface area contributed by atoms with E-state index >= 15 is 0 Å². The third-order valence-corrected chi connectivity index (χ3v) is 3.39. The minimum absolute atomic E-state index is 0.285. The number of rotatable bonds is 2. The van der Waals surface area contributed by atoms with Crippen molar-refractivity contribution in [3.63, 3.8) is 0 Å². The standard InChI is InChI=1S/C13H17NO3/c1-15-11-6-9(10-4-2-3-5-14-10)7-12-13(11)17-8-16-12/h6-7,10,14H,2-5,8H2,1H3/t10-/m0/s1. The second-order valence-electron chi connectivity index (χ2n) is 4.46. The number of methoxy groups -OCH3 is 1. The van der Waals surface area contributed by atoms with E-state index in [4.69, 9.17) is 14.2 Å². The summed E-state index contributed by atoms with van der Waals surface area (Å²) in [5.41, 5.74) is 1.23. The molecule has 1 aromatic rings. The van der Waals surface area contributed by atoms with Crippen LogP contribution in [0, 0.1) is 0 Å². The van der Waals surface area contributed by atoms with Crippen molar-refractivity contribution in [1.29, 1.82) is 0 Å². The van der Waals surface area contributed by atoms with Crippen molar-refractivity contribution in [3.05, 3.63) is 17.7 Å². The van der Waals surface area contributed by atoms with Crippen LogP contribution in [0.15, 0.2) is 12.1 Å². The van der Waals surface area contributed by atoms with Crippen LogP contribution in [0.2, 0.25) is 0 Å². The first-order chi connectivity index (χ1) is 8.38. The highest BCUT2D eigenvalue weighted by molar-refractivity contribution is 5.55. The molecule has 0 spiro atoms. The molecule has 3 rings (SSSR count). The maximum atomic E-state index is 5.44. The first-order valence-corrected chi connectivity index (χ1v) is 6.09. The molecule has 1 fully saturated rings. The summed E-state index contributed by atoms with van der Waals surface area (Å²) < 4.78 is 16.2. The van der Waals surface area contributed by atoms with E-state index in [0.717, 1.165) is 23.8 Å². The van der Waals surface area contributed by atoms with Gasteiger partial charge in [-0.05, 0) is 37.1 Å². The van der Waals surface area contributed by atoms with Crippen molar-refractivity contribution in [3.8, 4) is 17.2 Å². The summed E-state index contributed by atoms with van der Waals surface area (Å²) in [5.74, 6) is 2.29. The average molecular weight is 235 g/mol. The zero-order chi connectivity index (χ0) is 11.7. The van der Waals surface area contributed by atoms with E-state index in [1.54, 1.807) is 7.11 Å². The molecule has 2 aliphatic heterocycles. The van der Waals surface area contributed by atoms with Crippen LogP contribution < -0.4 is 19.5 Å². The lowest BCUT2D eigenvalue weighted by molar-refractivity contribution is 0.171. The van der Waals surface area contributed by atoms with Crippen molar-refractivity contribution in [1.82, 2.24) is 5.32 Å². The van der Waals surface area contributed by atoms with Gasteiger partial charge in [-0.1, -0.05) is 6.42 Å². The van der Waals surface area contributed by atoms with Gasteiger partial charge in [0.2, 0.25) is 12.5 Å². The SMILES string of the molecule is COc1cc([C@@H]2CCCCN2)cc2c1OCO2. The lowest BCUT2D eigenvalue weighted by Gasteiger charge is -2.24. The quantitative estimate of drug-likeness (QED) is 0.853. The zero-order valence-corrected chi connectivity index (χ0v) is 9.99. The maximum Gasteiger partial charge on any atom is 0.231 e. The highest BCUT2D eigenvalue weighted by Crippen LogP contribution is 2.43. The summed E-state index contributed by atoms with van der Waals surface area (Å²) in [7, 11) is 1.66. The van der Waals surface area contributed by atoms with Gasteiger partial charge in [-0.2, -0.15) is 0 Å². The lowest BCUT2D eigenvalue weighted by atomic mass is 9.97. The predicted molar refractivity (Wildman–Crippen MR) is 63.7 cm³/mol. The lowest BCUT2D eigenvalue weighted by Crippen LogP contribution is -2.26. The van der Waals surface area contributed by atoms with Gasteiger partial charge in [0.05, 0.1) is 7.11 Å². The molecule has 0 radical (unpaired) electrons. The summed E-state index contributed by atoms with van der Waals surface area (Å²) >= 11 is 0. The molecule has 0 bridgehead atoms. The van der Waals surface area contributed by atoms with Crippen LogP contribution in [-0.2, 0) is 0 Å². The minimum atomic E-state index is 0.285. The number of hydrogen-bond donors (Lipinski definition) is 1. The number of benzene rings is 1. The topological polar surface area (TPSA) is 39.7 Å². The van der Waals surface area contributed by atoms with E-state index in [1.165, 1.54) is 24.8 Å². The van der Waals surface area contributed by atoms with Crippen molar-refractivity contribution in [2.45, 2.75) is 25.3 Å². The van der Waals surface area contributed by atoms with Crippen molar-refractivity contribution < 1.29 is 14.2 Å². The van der Waals surface area contributed by atoms with Crippen molar-refractivity contribution >= 4 is 0 Å². The molecule has 17 heavy (non-hydrogen) atoms. The van der Waals surface area contributed by atoms with Crippen molar-refractivity contribution in [2.24, 2.45) is 0 Å². The third-order valence-electron chi connectivity index (χ3n) is 3.39. The molecule has 0 aliphatic carbocycles. The molecule has 1 atom stereocenters. The van der Waals surface area contributed by atoms with Crippen LogP contribution in [0.5, 0.6) is 17.2 Å². The van der Waals surface area contributed by atoms with Gasteiger partial charge >= 0.3 is 0 Å². The summed E-state index contributed by atoms with van der Waals surface area (Å²) in [6, 6.07) is 4.52. The number of piperidine rings is 1. The molecule has 1 aromatic carbocycles. The molecule has 4 nitrogen and oxygen atoms in total. The first kappa shape index (κ1) is 10.7. The number of ether oxygens (including phenoxy) is 3. The Morgan fingerprint density at radius 3 is 3.00 bits per heavy atom. The average Bonchev–Trinajstić information content (AvgIpc) is 2.86. The molecule has 0 amide bonds.